The van der Waals surface area contributed by atoms with Gasteiger partial charge in [0.2, 0.25) is 10.0 Å². The quantitative estimate of drug-likeness (QED) is 0.585. The highest BCUT2D eigenvalue weighted by Gasteiger charge is 2.05. The van der Waals surface area contributed by atoms with E-state index >= 15 is 0 Å². The van der Waals surface area contributed by atoms with E-state index in [0.29, 0.717) is 19.3 Å². The molecule has 0 aromatic rings. The van der Waals surface area contributed by atoms with Gasteiger partial charge in [0, 0.05) is 0 Å². The van der Waals surface area contributed by atoms with Crippen LogP contribution in [0.2, 0.25) is 0 Å². The molecule has 6 nitrogen and oxygen atoms in total. The van der Waals surface area contributed by atoms with Crippen molar-refractivity contribution < 1.29 is 17.9 Å². The number of sulfonamides is 1. The SMILES string of the molecule is CNS(=O)(=O)CCCCCOC(N)=O. The van der Waals surface area contributed by atoms with Gasteiger partial charge in [0.05, 0.1) is 12.4 Å². The number of hydrogen-bond donors (Lipinski definition) is 2. The molecular formula is C7H16N2O4S. The zero-order valence-electron chi connectivity index (χ0n) is 8.15. The second kappa shape index (κ2) is 6.61. The van der Waals surface area contributed by atoms with Gasteiger partial charge >= 0.3 is 6.09 Å². The second-order valence-electron chi connectivity index (χ2n) is 2.75. The molecule has 0 heterocycles. The van der Waals surface area contributed by atoms with Crippen molar-refractivity contribution in [2.24, 2.45) is 5.73 Å². The summed E-state index contributed by atoms with van der Waals surface area (Å²) in [5, 5.41) is 0. The third kappa shape index (κ3) is 7.81. The fraction of sp³-hybridized carbons (Fsp3) is 0.857. The van der Waals surface area contributed by atoms with Crippen LogP contribution in [-0.2, 0) is 14.8 Å². The topological polar surface area (TPSA) is 98.5 Å². The molecule has 0 saturated heterocycles. The summed E-state index contributed by atoms with van der Waals surface area (Å²) in [7, 11) is -1.72. The van der Waals surface area contributed by atoms with Crippen LogP contribution in [0.3, 0.4) is 0 Å². The summed E-state index contributed by atoms with van der Waals surface area (Å²) in [4.78, 5) is 10.1. The molecular weight excluding hydrogens is 208 g/mol. The largest absolute Gasteiger partial charge is 0.450 e. The Balaban J connectivity index is 3.35. The Morgan fingerprint density at radius 1 is 1.36 bits per heavy atom. The molecule has 0 radical (unpaired) electrons. The highest BCUT2D eigenvalue weighted by Crippen LogP contribution is 1.98. The highest BCUT2D eigenvalue weighted by molar-refractivity contribution is 7.89. The molecule has 0 rings (SSSR count). The molecule has 0 saturated carbocycles. The Labute approximate surface area is 83.9 Å². The maximum Gasteiger partial charge on any atom is 0.404 e. The number of unbranched alkanes of at least 4 members (excludes halogenated alkanes) is 2. The maximum atomic E-state index is 10.9. The first-order valence-corrected chi connectivity index (χ1v) is 5.96. The smallest absolute Gasteiger partial charge is 0.404 e. The number of carbonyl (C=O) groups excluding carboxylic acids is 1. The minimum absolute atomic E-state index is 0.0973. The summed E-state index contributed by atoms with van der Waals surface area (Å²) >= 11 is 0. The van der Waals surface area contributed by atoms with Crippen LogP contribution in [0.15, 0.2) is 0 Å². The van der Waals surface area contributed by atoms with E-state index in [1.807, 2.05) is 0 Å². The Kier molecular flexibility index (Phi) is 6.22. The first-order chi connectivity index (χ1) is 6.48. The van der Waals surface area contributed by atoms with Crippen LogP contribution in [0.25, 0.3) is 0 Å². The number of rotatable bonds is 7. The van der Waals surface area contributed by atoms with Gasteiger partial charge in [-0.2, -0.15) is 0 Å². The van der Waals surface area contributed by atoms with Crippen molar-refractivity contribution in [1.82, 2.24) is 4.72 Å². The number of primary amides is 1. The molecule has 0 bridgehead atoms. The van der Waals surface area contributed by atoms with E-state index in [4.69, 9.17) is 5.73 Å². The van der Waals surface area contributed by atoms with Gasteiger partial charge in [-0.25, -0.2) is 17.9 Å². The van der Waals surface area contributed by atoms with Crippen molar-refractivity contribution in [2.45, 2.75) is 19.3 Å². The number of nitrogens with two attached hydrogens (primary N) is 1. The molecule has 0 unspecified atom stereocenters. The molecule has 0 aromatic carbocycles. The number of hydrogen-bond acceptors (Lipinski definition) is 4. The van der Waals surface area contributed by atoms with Gasteiger partial charge in [-0.3, -0.25) is 0 Å². The minimum atomic E-state index is -3.11. The molecule has 0 aliphatic rings. The van der Waals surface area contributed by atoms with Crippen LogP contribution in [0.1, 0.15) is 19.3 Å². The van der Waals surface area contributed by atoms with Crippen LogP contribution in [0.5, 0.6) is 0 Å². The zero-order chi connectivity index (χ0) is 11.0. The van der Waals surface area contributed by atoms with Crippen molar-refractivity contribution in [3.8, 4) is 0 Å². The normalized spacial score (nSPS) is 11.2. The van der Waals surface area contributed by atoms with Gasteiger partial charge in [0.15, 0.2) is 0 Å². The molecule has 3 N–H and O–H groups in total. The number of carbonyl (C=O) groups is 1. The lowest BCUT2D eigenvalue weighted by Crippen LogP contribution is -2.22. The summed E-state index contributed by atoms with van der Waals surface area (Å²) < 4.78 is 28.5. The molecule has 0 aliphatic heterocycles. The van der Waals surface area contributed by atoms with Crippen molar-refractivity contribution in [3.05, 3.63) is 0 Å². The van der Waals surface area contributed by atoms with Gasteiger partial charge < -0.3 is 10.5 Å². The molecule has 84 valence electrons. The van der Waals surface area contributed by atoms with Crippen LogP contribution in [0, 0.1) is 0 Å². The van der Waals surface area contributed by atoms with E-state index in [0.717, 1.165) is 0 Å². The van der Waals surface area contributed by atoms with E-state index < -0.39 is 16.1 Å². The Bertz CT molecular complexity index is 263. The first-order valence-electron chi connectivity index (χ1n) is 4.31. The highest BCUT2D eigenvalue weighted by atomic mass is 32.2. The fourth-order valence-corrected chi connectivity index (χ4v) is 1.63. The van der Waals surface area contributed by atoms with Crippen LogP contribution in [-0.4, -0.2) is 33.9 Å². The third-order valence-electron chi connectivity index (χ3n) is 1.61. The Hall–Kier alpha value is -0.820. The van der Waals surface area contributed by atoms with E-state index in [-0.39, 0.29) is 12.4 Å². The van der Waals surface area contributed by atoms with E-state index in [9.17, 15) is 13.2 Å². The minimum Gasteiger partial charge on any atom is -0.450 e. The van der Waals surface area contributed by atoms with Gasteiger partial charge in [-0.1, -0.05) is 0 Å². The van der Waals surface area contributed by atoms with Gasteiger partial charge in [-0.05, 0) is 26.3 Å². The molecule has 0 fully saturated rings. The lowest BCUT2D eigenvalue weighted by Gasteiger charge is -2.02. The van der Waals surface area contributed by atoms with Crippen LogP contribution >= 0.6 is 0 Å². The monoisotopic (exact) mass is 224 g/mol. The van der Waals surface area contributed by atoms with E-state index in [2.05, 4.69) is 9.46 Å². The third-order valence-corrected chi connectivity index (χ3v) is 3.06. The summed E-state index contributed by atoms with van der Waals surface area (Å²) in [6.45, 7) is 0.245. The Morgan fingerprint density at radius 2 is 2.00 bits per heavy atom. The van der Waals surface area contributed by atoms with Crippen molar-refractivity contribution in [3.63, 3.8) is 0 Å². The van der Waals surface area contributed by atoms with Gasteiger partial charge in [-0.15, -0.1) is 0 Å². The predicted molar refractivity (Wildman–Crippen MR) is 52.2 cm³/mol. The van der Waals surface area contributed by atoms with Crippen molar-refractivity contribution in [2.75, 3.05) is 19.4 Å². The summed E-state index contributed by atoms with van der Waals surface area (Å²) in [5.41, 5.74) is 4.73. The molecule has 0 aromatic heterocycles. The maximum absolute atomic E-state index is 10.9. The van der Waals surface area contributed by atoms with Gasteiger partial charge in [0.1, 0.15) is 0 Å². The summed E-state index contributed by atoms with van der Waals surface area (Å²) in [5.74, 6) is 0.0973. The molecule has 7 heteroatoms. The molecule has 0 spiro atoms. The van der Waals surface area contributed by atoms with Crippen LogP contribution in [0.4, 0.5) is 4.79 Å². The molecule has 14 heavy (non-hydrogen) atoms. The van der Waals surface area contributed by atoms with E-state index in [1.54, 1.807) is 0 Å². The molecule has 1 amide bonds. The van der Waals surface area contributed by atoms with Crippen LogP contribution < -0.4 is 10.5 Å². The summed E-state index contributed by atoms with van der Waals surface area (Å²) in [6, 6.07) is 0. The molecule has 0 aliphatic carbocycles. The predicted octanol–water partition coefficient (Wildman–Crippen LogP) is -0.199. The average molecular weight is 224 g/mol. The fourth-order valence-electron chi connectivity index (χ4n) is 0.846. The first kappa shape index (κ1) is 13.2. The second-order valence-corrected chi connectivity index (χ2v) is 4.80. The van der Waals surface area contributed by atoms with Crippen molar-refractivity contribution in [1.29, 1.82) is 0 Å². The lowest BCUT2D eigenvalue weighted by molar-refractivity contribution is 0.154. The standard InChI is InChI=1S/C7H16N2O4S/c1-9-14(11,12)6-4-2-3-5-13-7(8)10/h9H,2-6H2,1H3,(H2,8,10). The average Bonchev–Trinajstić information content (AvgIpc) is 2.10. The van der Waals surface area contributed by atoms with E-state index in [1.165, 1.54) is 7.05 Å². The Morgan fingerprint density at radius 3 is 2.50 bits per heavy atom. The van der Waals surface area contributed by atoms with Crippen molar-refractivity contribution >= 4 is 16.1 Å². The molecule has 0 atom stereocenters. The number of ether oxygens (including phenoxy) is 1. The summed E-state index contributed by atoms with van der Waals surface area (Å²) in [6.07, 6.45) is 1.06. The number of nitrogens with one attached hydrogen (secondary N) is 1. The number of amides is 1. The lowest BCUT2D eigenvalue weighted by atomic mass is 10.3. The van der Waals surface area contributed by atoms with Gasteiger partial charge in [0.25, 0.3) is 0 Å². The zero-order valence-corrected chi connectivity index (χ0v) is 8.97.